The molecule has 2 N–H and O–H groups in total. The molecule has 0 aliphatic carbocycles. The van der Waals surface area contributed by atoms with E-state index in [-0.39, 0.29) is 12.5 Å². The molecule has 1 aliphatic heterocycles. The van der Waals surface area contributed by atoms with Crippen LogP contribution in [0.3, 0.4) is 0 Å². The minimum Gasteiger partial charge on any atom is -0.381 e. The van der Waals surface area contributed by atoms with Crippen molar-refractivity contribution >= 4 is 16.9 Å². The first-order chi connectivity index (χ1) is 11.2. The van der Waals surface area contributed by atoms with Gasteiger partial charge in [-0.3, -0.25) is 4.79 Å². The molecule has 1 aromatic carbocycles. The van der Waals surface area contributed by atoms with E-state index in [1.165, 1.54) is 5.56 Å². The summed E-state index contributed by atoms with van der Waals surface area (Å²) in [5.41, 5.74) is 3.09. The second-order valence-corrected chi connectivity index (χ2v) is 6.07. The third kappa shape index (κ3) is 4.53. The molecule has 1 aliphatic rings. The Morgan fingerprint density at radius 1 is 1.52 bits per heavy atom. The zero-order valence-corrected chi connectivity index (χ0v) is 13.4. The van der Waals surface area contributed by atoms with E-state index in [1.807, 2.05) is 25.1 Å². The van der Waals surface area contributed by atoms with E-state index in [2.05, 4.69) is 15.3 Å². The van der Waals surface area contributed by atoms with Gasteiger partial charge in [-0.2, -0.15) is 0 Å². The molecule has 1 saturated heterocycles. The average Bonchev–Trinajstić information content (AvgIpc) is 3.16. The third-order valence-electron chi connectivity index (χ3n) is 4.06. The summed E-state index contributed by atoms with van der Waals surface area (Å²) in [6.45, 7) is 4.74. The maximum atomic E-state index is 11.7. The molecule has 1 atom stereocenters. The van der Waals surface area contributed by atoms with Crippen LogP contribution in [0.25, 0.3) is 11.0 Å². The van der Waals surface area contributed by atoms with E-state index in [1.54, 1.807) is 0 Å². The molecule has 1 fully saturated rings. The first-order valence-corrected chi connectivity index (χ1v) is 8.08. The van der Waals surface area contributed by atoms with Crippen LogP contribution >= 0.6 is 0 Å². The average molecular weight is 317 g/mol. The Labute approximate surface area is 135 Å². The summed E-state index contributed by atoms with van der Waals surface area (Å²) in [7, 11) is 0. The summed E-state index contributed by atoms with van der Waals surface area (Å²) in [4.78, 5) is 19.4. The van der Waals surface area contributed by atoms with Crippen molar-refractivity contribution in [3.05, 3.63) is 29.6 Å². The van der Waals surface area contributed by atoms with E-state index >= 15 is 0 Å². The largest absolute Gasteiger partial charge is 0.381 e. The summed E-state index contributed by atoms with van der Waals surface area (Å²) in [6, 6.07) is 6.05. The van der Waals surface area contributed by atoms with Gasteiger partial charge in [0.2, 0.25) is 5.91 Å². The number of aromatic nitrogens is 2. The minimum atomic E-state index is -0.0872. The number of carbonyl (C=O) groups is 1. The van der Waals surface area contributed by atoms with Crippen LogP contribution in [0.5, 0.6) is 0 Å². The number of aryl methyl sites for hydroxylation is 1. The maximum absolute atomic E-state index is 11.7. The van der Waals surface area contributed by atoms with Crippen LogP contribution in [0.15, 0.2) is 18.2 Å². The fourth-order valence-electron chi connectivity index (χ4n) is 2.76. The SMILES string of the molecule is Cc1ccc2nc(COCC(=O)NCC[C@@H]3CCOC3)[nH]c2c1. The summed E-state index contributed by atoms with van der Waals surface area (Å²) in [6.07, 6.45) is 2.06. The lowest BCUT2D eigenvalue weighted by molar-refractivity contribution is -0.126. The Kier molecular flexibility index (Phi) is 5.25. The van der Waals surface area contributed by atoms with Crippen molar-refractivity contribution in [2.75, 3.05) is 26.4 Å². The molecule has 2 heterocycles. The Morgan fingerprint density at radius 2 is 2.43 bits per heavy atom. The number of hydrogen-bond donors (Lipinski definition) is 2. The van der Waals surface area contributed by atoms with Crippen molar-refractivity contribution in [2.24, 2.45) is 5.92 Å². The van der Waals surface area contributed by atoms with Gasteiger partial charge in [0.15, 0.2) is 0 Å². The van der Waals surface area contributed by atoms with Crippen molar-refractivity contribution in [3.63, 3.8) is 0 Å². The molecule has 0 bridgehead atoms. The van der Waals surface area contributed by atoms with Crippen LogP contribution in [0.4, 0.5) is 0 Å². The summed E-state index contributed by atoms with van der Waals surface area (Å²) < 4.78 is 10.7. The van der Waals surface area contributed by atoms with Gasteiger partial charge in [0.25, 0.3) is 0 Å². The lowest BCUT2D eigenvalue weighted by Gasteiger charge is -2.08. The number of ether oxygens (including phenoxy) is 2. The maximum Gasteiger partial charge on any atom is 0.246 e. The van der Waals surface area contributed by atoms with E-state index in [0.717, 1.165) is 42.9 Å². The molecule has 2 aromatic rings. The Hall–Kier alpha value is -1.92. The molecule has 0 saturated carbocycles. The monoisotopic (exact) mass is 317 g/mol. The van der Waals surface area contributed by atoms with Crippen molar-refractivity contribution in [1.82, 2.24) is 15.3 Å². The first-order valence-electron chi connectivity index (χ1n) is 8.08. The second-order valence-electron chi connectivity index (χ2n) is 6.07. The van der Waals surface area contributed by atoms with Crippen molar-refractivity contribution in [1.29, 1.82) is 0 Å². The fraction of sp³-hybridized carbons (Fsp3) is 0.529. The molecule has 1 aromatic heterocycles. The molecule has 0 unspecified atom stereocenters. The van der Waals surface area contributed by atoms with Crippen molar-refractivity contribution in [2.45, 2.75) is 26.4 Å². The first kappa shape index (κ1) is 16.0. The smallest absolute Gasteiger partial charge is 0.246 e. The Bertz CT molecular complexity index is 662. The summed E-state index contributed by atoms with van der Waals surface area (Å²) >= 11 is 0. The normalized spacial score (nSPS) is 17.7. The van der Waals surface area contributed by atoms with E-state index in [9.17, 15) is 4.79 Å². The molecule has 6 nitrogen and oxygen atoms in total. The standard InChI is InChI=1S/C17H23N3O3/c1-12-2-3-14-15(8-12)20-16(19-14)10-23-11-17(21)18-6-4-13-5-7-22-9-13/h2-3,8,13H,4-7,9-11H2,1H3,(H,18,21)(H,19,20)/t13-/m1/s1. The van der Waals surface area contributed by atoms with Gasteiger partial charge in [0.05, 0.1) is 11.0 Å². The molecule has 23 heavy (non-hydrogen) atoms. The predicted octanol–water partition coefficient (Wildman–Crippen LogP) is 1.93. The number of fused-ring (bicyclic) bond motifs is 1. The van der Waals surface area contributed by atoms with Crippen LogP contribution < -0.4 is 5.32 Å². The lowest BCUT2D eigenvalue weighted by Crippen LogP contribution is -2.29. The van der Waals surface area contributed by atoms with E-state index in [4.69, 9.17) is 9.47 Å². The molecule has 6 heteroatoms. The molecular weight excluding hydrogens is 294 g/mol. The van der Waals surface area contributed by atoms with Crippen LogP contribution in [-0.2, 0) is 20.9 Å². The van der Waals surface area contributed by atoms with Crippen LogP contribution in [-0.4, -0.2) is 42.2 Å². The predicted molar refractivity (Wildman–Crippen MR) is 87.0 cm³/mol. The van der Waals surface area contributed by atoms with E-state index in [0.29, 0.717) is 19.1 Å². The van der Waals surface area contributed by atoms with Gasteiger partial charge in [0, 0.05) is 19.8 Å². The highest BCUT2D eigenvalue weighted by atomic mass is 16.5. The third-order valence-corrected chi connectivity index (χ3v) is 4.06. The number of carbonyl (C=O) groups excluding carboxylic acids is 1. The summed E-state index contributed by atoms with van der Waals surface area (Å²) in [5.74, 6) is 1.23. The molecule has 124 valence electrons. The van der Waals surface area contributed by atoms with Gasteiger partial charge in [-0.25, -0.2) is 4.98 Å². The number of H-pyrrole nitrogens is 1. The second kappa shape index (κ2) is 7.57. The molecular formula is C17H23N3O3. The van der Waals surface area contributed by atoms with Crippen LogP contribution in [0.2, 0.25) is 0 Å². The lowest BCUT2D eigenvalue weighted by atomic mass is 10.1. The molecule has 1 amide bonds. The Balaban J connectivity index is 1.37. The number of aromatic amines is 1. The fourth-order valence-corrected chi connectivity index (χ4v) is 2.76. The zero-order chi connectivity index (χ0) is 16.1. The van der Waals surface area contributed by atoms with Gasteiger partial charge < -0.3 is 19.8 Å². The topological polar surface area (TPSA) is 76.2 Å². The van der Waals surface area contributed by atoms with Gasteiger partial charge in [-0.15, -0.1) is 0 Å². The van der Waals surface area contributed by atoms with Crippen LogP contribution in [0.1, 0.15) is 24.2 Å². The highest BCUT2D eigenvalue weighted by Crippen LogP contribution is 2.15. The van der Waals surface area contributed by atoms with Gasteiger partial charge in [-0.05, 0) is 43.4 Å². The Morgan fingerprint density at radius 3 is 3.26 bits per heavy atom. The number of hydrogen-bond acceptors (Lipinski definition) is 4. The number of amides is 1. The highest BCUT2D eigenvalue weighted by Gasteiger charge is 2.15. The van der Waals surface area contributed by atoms with Crippen molar-refractivity contribution in [3.8, 4) is 0 Å². The minimum absolute atomic E-state index is 0.0528. The summed E-state index contributed by atoms with van der Waals surface area (Å²) in [5, 5.41) is 2.88. The van der Waals surface area contributed by atoms with Gasteiger partial charge >= 0.3 is 0 Å². The number of benzene rings is 1. The quantitative estimate of drug-likeness (QED) is 0.818. The van der Waals surface area contributed by atoms with Crippen LogP contribution in [0, 0.1) is 12.8 Å². The number of nitrogens with one attached hydrogen (secondary N) is 2. The van der Waals surface area contributed by atoms with E-state index < -0.39 is 0 Å². The number of imidazole rings is 1. The number of rotatable bonds is 7. The highest BCUT2D eigenvalue weighted by molar-refractivity contribution is 5.77. The van der Waals surface area contributed by atoms with Gasteiger partial charge in [-0.1, -0.05) is 6.07 Å². The zero-order valence-electron chi connectivity index (χ0n) is 13.4. The number of nitrogens with zero attached hydrogens (tertiary/aromatic N) is 1. The molecule has 0 radical (unpaired) electrons. The molecule has 0 spiro atoms. The van der Waals surface area contributed by atoms with Crippen molar-refractivity contribution < 1.29 is 14.3 Å². The van der Waals surface area contributed by atoms with Gasteiger partial charge in [0.1, 0.15) is 19.0 Å². The molecule has 3 rings (SSSR count).